The van der Waals surface area contributed by atoms with Crippen molar-refractivity contribution in [3.63, 3.8) is 0 Å². The van der Waals surface area contributed by atoms with Gasteiger partial charge in [-0.1, -0.05) is 18.2 Å². The van der Waals surface area contributed by atoms with Crippen molar-refractivity contribution in [1.82, 2.24) is 10.6 Å². The van der Waals surface area contributed by atoms with E-state index in [0.717, 1.165) is 38.6 Å². The lowest BCUT2D eigenvalue weighted by molar-refractivity contribution is 0.155. The number of ether oxygens (including phenoxy) is 1. The summed E-state index contributed by atoms with van der Waals surface area (Å²) in [6.45, 7) is 11.2. The molecule has 1 unspecified atom stereocenters. The van der Waals surface area contributed by atoms with Crippen LogP contribution in [0.5, 0.6) is 0 Å². The van der Waals surface area contributed by atoms with Crippen LogP contribution in [0.15, 0.2) is 29.3 Å². The lowest BCUT2D eigenvalue weighted by Crippen LogP contribution is -2.43. The Bertz CT molecular complexity index is 510. The van der Waals surface area contributed by atoms with E-state index in [0.29, 0.717) is 19.2 Å². The molecule has 136 valence electrons. The first-order valence-electron chi connectivity index (χ1n) is 8.70. The van der Waals surface area contributed by atoms with Gasteiger partial charge in [0.2, 0.25) is 0 Å². The van der Waals surface area contributed by atoms with E-state index in [1.54, 1.807) is 0 Å². The number of guanidine groups is 1. The van der Waals surface area contributed by atoms with Crippen molar-refractivity contribution in [3.05, 3.63) is 29.8 Å². The van der Waals surface area contributed by atoms with Gasteiger partial charge in [0.1, 0.15) is 0 Å². The van der Waals surface area contributed by atoms with Crippen molar-refractivity contribution >= 4 is 35.6 Å². The predicted octanol–water partition coefficient (Wildman–Crippen LogP) is 2.65. The van der Waals surface area contributed by atoms with Gasteiger partial charge in [-0.2, -0.15) is 0 Å². The minimum Gasteiger partial charge on any atom is -0.380 e. The van der Waals surface area contributed by atoms with Crippen molar-refractivity contribution in [2.24, 2.45) is 4.99 Å². The SMILES string of the molecule is CCNC(=NCCOCC)NCCN1c2ccccc2CC1C.I. The second-order valence-electron chi connectivity index (χ2n) is 5.76. The molecule has 2 N–H and O–H groups in total. The standard InChI is InChI=1S/C18H30N4O.HI/c1-4-19-18(21-11-13-23-5-2)20-10-12-22-15(3)14-16-8-6-7-9-17(16)22;/h6-9,15H,4-5,10-14H2,1-3H3,(H2,19,20,21);1H. The third-order valence-electron chi connectivity index (χ3n) is 4.05. The summed E-state index contributed by atoms with van der Waals surface area (Å²) in [5.74, 6) is 0.868. The number of anilines is 1. The maximum absolute atomic E-state index is 5.33. The van der Waals surface area contributed by atoms with Gasteiger partial charge in [-0.15, -0.1) is 24.0 Å². The molecule has 1 aliphatic rings. The largest absolute Gasteiger partial charge is 0.380 e. The van der Waals surface area contributed by atoms with Gasteiger partial charge in [-0.05, 0) is 38.8 Å². The maximum Gasteiger partial charge on any atom is 0.191 e. The molecule has 24 heavy (non-hydrogen) atoms. The van der Waals surface area contributed by atoms with E-state index >= 15 is 0 Å². The van der Waals surface area contributed by atoms with Crippen LogP contribution < -0.4 is 15.5 Å². The Morgan fingerprint density at radius 1 is 1.29 bits per heavy atom. The highest BCUT2D eigenvalue weighted by Gasteiger charge is 2.24. The van der Waals surface area contributed by atoms with E-state index in [9.17, 15) is 0 Å². The van der Waals surface area contributed by atoms with Gasteiger partial charge in [0, 0.05) is 38.0 Å². The normalized spacial score (nSPS) is 16.5. The van der Waals surface area contributed by atoms with Crippen molar-refractivity contribution in [2.75, 3.05) is 44.3 Å². The molecule has 1 heterocycles. The Morgan fingerprint density at radius 2 is 2.08 bits per heavy atom. The van der Waals surface area contributed by atoms with E-state index in [1.165, 1.54) is 11.3 Å². The molecule has 6 heteroatoms. The number of rotatable bonds is 8. The highest BCUT2D eigenvalue weighted by Crippen LogP contribution is 2.30. The van der Waals surface area contributed by atoms with Crippen LogP contribution in [0, 0.1) is 0 Å². The molecule has 0 spiro atoms. The Hall–Kier alpha value is -1.02. The first-order valence-corrected chi connectivity index (χ1v) is 8.70. The first kappa shape index (κ1) is 21.0. The van der Waals surface area contributed by atoms with Crippen molar-refractivity contribution < 1.29 is 4.74 Å². The average molecular weight is 446 g/mol. The maximum atomic E-state index is 5.33. The Balaban J connectivity index is 0.00000288. The molecule has 0 aliphatic carbocycles. The molecule has 1 aliphatic heterocycles. The summed E-state index contributed by atoms with van der Waals surface area (Å²) in [5.41, 5.74) is 2.83. The van der Waals surface area contributed by atoms with Crippen LogP contribution in [0.2, 0.25) is 0 Å². The molecule has 0 bridgehead atoms. The van der Waals surface area contributed by atoms with Gasteiger partial charge in [-0.25, -0.2) is 0 Å². The van der Waals surface area contributed by atoms with E-state index < -0.39 is 0 Å². The Morgan fingerprint density at radius 3 is 2.83 bits per heavy atom. The second-order valence-corrected chi connectivity index (χ2v) is 5.76. The highest BCUT2D eigenvalue weighted by molar-refractivity contribution is 14.0. The Labute approximate surface area is 163 Å². The summed E-state index contributed by atoms with van der Waals surface area (Å²) in [5, 5.41) is 6.70. The number of hydrogen-bond acceptors (Lipinski definition) is 3. The molecule has 1 aromatic carbocycles. The first-order chi connectivity index (χ1) is 11.3. The van der Waals surface area contributed by atoms with E-state index in [-0.39, 0.29) is 24.0 Å². The number of fused-ring (bicyclic) bond motifs is 1. The van der Waals surface area contributed by atoms with Crippen LogP contribution in [0.25, 0.3) is 0 Å². The third kappa shape index (κ3) is 6.12. The summed E-state index contributed by atoms with van der Waals surface area (Å²) in [6.07, 6.45) is 1.14. The molecule has 2 rings (SSSR count). The summed E-state index contributed by atoms with van der Waals surface area (Å²) in [7, 11) is 0. The molecule has 5 nitrogen and oxygen atoms in total. The van der Waals surface area contributed by atoms with Crippen molar-refractivity contribution in [3.8, 4) is 0 Å². The molecule has 1 aromatic rings. The second kappa shape index (κ2) is 11.5. The molecule has 0 radical (unpaired) electrons. The molecular formula is C18H31IN4O. The lowest BCUT2D eigenvalue weighted by atomic mass is 10.1. The zero-order chi connectivity index (χ0) is 16.5. The third-order valence-corrected chi connectivity index (χ3v) is 4.05. The average Bonchev–Trinajstić information content (AvgIpc) is 2.87. The number of nitrogens with one attached hydrogen (secondary N) is 2. The fourth-order valence-electron chi connectivity index (χ4n) is 2.97. The van der Waals surface area contributed by atoms with Crippen LogP contribution in [0.4, 0.5) is 5.69 Å². The zero-order valence-electron chi connectivity index (χ0n) is 15.0. The van der Waals surface area contributed by atoms with E-state index in [2.05, 4.69) is 58.6 Å². The predicted molar refractivity (Wildman–Crippen MR) is 113 cm³/mol. The van der Waals surface area contributed by atoms with Gasteiger partial charge in [-0.3, -0.25) is 4.99 Å². The molecule has 1 atom stereocenters. The van der Waals surface area contributed by atoms with Gasteiger partial charge in [0.15, 0.2) is 5.96 Å². The smallest absolute Gasteiger partial charge is 0.191 e. The summed E-state index contributed by atoms with van der Waals surface area (Å²) >= 11 is 0. The quantitative estimate of drug-likeness (QED) is 0.279. The van der Waals surface area contributed by atoms with E-state index in [4.69, 9.17) is 4.74 Å². The summed E-state index contributed by atoms with van der Waals surface area (Å²) in [4.78, 5) is 7.01. The number of para-hydroxylation sites is 1. The monoisotopic (exact) mass is 446 g/mol. The van der Waals surface area contributed by atoms with Gasteiger partial charge >= 0.3 is 0 Å². The topological polar surface area (TPSA) is 48.9 Å². The van der Waals surface area contributed by atoms with Gasteiger partial charge in [0.25, 0.3) is 0 Å². The van der Waals surface area contributed by atoms with Crippen LogP contribution in [0.1, 0.15) is 26.3 Å². The molecule has 0 aromatic heterocycles. The minimum absolute atomic E-state index is 0. The van der Waals surface area contributed by atoms with E-state index in [1.807, 2.05) is 6.92 Å². The number of aliphatic imine (C=N–C) groups is 1. The molecule has 0 saturated carbocycles. The summed E-state index contributed by atoms with van der Waals surface area (Å²) in [6, 6.07) is 9.27. The summed E-state index contributed by atoms with van der Waals surface area (Å²) < 4.78 is 5.33. The van der Waals surface area contributed by atoms with Crippen molar-refractivity contribution in [2.45, 2.75) is 33.2 Å². The minimum atomic E-state index is 0. The molecule has 0 amide bonds. The van der Waals surface area contributed by atoms with Crippen molar-refractivity contribution in [1.29, 1.82) is 0 Å². The van der Waals surface area contributed by atoms with Gasteiger partial charge in [0.05, 0.1) is 13.2 Å². The number of hydrogen-bond donors (Lipinski definition) is 2. The van der Waals surface area contributed by atoms with Crippen LogP contribution in [-0.4, -0.2) is 51.4 Å². The lowest BCUT2D eigenvalue weighted by Gasteiger charge is -2.25. The van der Waals surface area contributed by atoms with Crippen LogP contribution in [-0.2, 0) is 11.2 Å². The fourth-order valence-corrected chi connectivity index (χ4v) is 2.97. The highest BCUT2D eigenvalue weighted by atomic mass is 127. The number of nitrogens with zero attached hydrogens (tertiary/aromatic N) is 2. The van der Waals surface area contributed by atoms with Crippen LogP contribution >= 0.6 is 24.0 Å². The fraction of sp³-hybridized carbons (Fsp3) is 0.611. The van der Waals surface area contributed by atoms with Crippen LogP contribution in [0.3, 0.4) is 0 Å². The Kier molecular flexibility index (Phi) is 10.1. The number of benzene rings is 1. The number of halogens is 1. The molecule has 0 saturated heterocycles. The zero-order valence-corrected chi connectivity index (χ0v) is 17.4. The molecule has 0 fully saturated rings. The van der Waals surface area contributed by atoms with Gasteiger partial charge < -0.3 is 20.3 Å². The molecular weight excluding hydrogens is 415 g/mol.